The second kappa shape index (κ2) is 8.71. The Morgan fingerprint density at radius 2 is 2.22 bits per heavy atom. The maximum absolute atomic E-state index is 12.0. The van der Waals surface area contributed by atoms with Gasteiger partial charge in [0.1, 0.15) is 24.9 Å². The molecular weight excluding hydrogens is 358 g/mol. The number of carbonyl (C=O) groups is 2. The van der Waals surface area contributed by atoms with Gasteiger partial charge in [-0.15, -0.1) is 6.42 Å². The van der Waals surface area contributed by atoms with E-state index in [2.05, 4.69) is 11.2 Å². The van der Waals surface area contributed by atoms with Crippen LogP contribution >= 0.6 is 0 Å². The fourth-order valence-corrected chi connectivity index (χ4v) is 2.99. The molecule has 9 nitrogen and oxygen atoms in total. The van der Waals surface area contributed by atoms with Gasteiger partial charge in [0.2, 0.25) is 11.7 Å². The van der Waals surface area contributed by atoms with Crippen molar-refractivity contribution < 1.29 is 38.4 Å². The maximum Gasteiger partial charge on any atom is 0.373 e. The van der Waals surface area contributed by atoms with Crippen molar-refractivity contribution in [2.24, 2.45) is 0 Å². The van der Waals surface area contributed by atoms with Crippen LogP contribution in [-0.4, -0.2) is 73.6 Å². The van der Waals surface area contributed by atoms with Crippen molar-refractivity contribution in [3.05, 3.63) is 11.8 Å². The molecule has 2 aliphatic rings. The Kier molecular flexibility index (Phi) is 6.84. The van der Waals surface area contributed by atoms with Gasteiger partial charge in [-0.25, -0.2) is 4.79 Å². The summed E-state index contributed by atoms with van der Waals surface area (Å²) >= 11 is 0. The van der Waals surface area contributed by atoms with Gasteiger partial charge in [-0.2, -0.15) is 0 Å². The highest BCUT2D eigenvalue weighted by atomic mass is 16.7. The van der Waals surface area contributed by atoms with Gasteiger partial charge < -0.3 is 34.1 Å². The van der Waals surface area contributed by atoms with Crippen LogP contribution in [0.15, 0.2) is 11.8 Å². The van der Waals surface area contributed by atoms with Gasteiger partial charge in [-0.1, -0.05) is 5.92 Å². The summed E-state index contributed by atoms with van der Waals surface area (Å²) in [6.45, 7) is 4.80. The first-order chi connectivity index (χ1) is 12.7. The lowest BCUT2D eigenvalue weighted by atomic mass is 9.93. The van der Waals surface area contributed by atoms with Crippen molar-refractivity contribution in [2.75, 3.05) is 20.3 Å². The molecule has 1 saturated heterocycles. The van der Waals surface area contributed by atoms with E-state index in [0.29, 0.717) is 0 Å². The fourth-order valence-electron chi connectivity index (χ4n) is 2.99. The van der Waals surface area contributed by atoms with E-state index >= 15 is 0 Å². The summed E-state index contributed by atoms with van der Waals surface area (Å²) in [4.78, 5) is 23.7. The number of rotatable bonds is 6. The van der Waals surface area contributed by atoms with E-state index < -0.39 is 42.2 Å². The molecule has 2 aliphatic heterocycles. The number of amides is 1. The molecule has 0 spiro atoms. The topological polar surface area (TPSA) is 113 Å². The van der Waals surface area contributed by atoms with Gasteiger partial charge in [-0.3, -0.25) is 4.79 Å². The molecule has 0 aromatic rings. The Balaban J connectivity index is 2.32. The molecule has 27 heavy (non-hydrogen) atoms. The lowest BCUT2D eigenvalue weighted by molar-refractivity contribution is -0.173. The van der Waals surface area contributed by atoms with Gasteiger partial charge in [0.05, 0.1) is 19.8 Å². The molecule has 9 heteroatoms. The van der Waals surface area contributed by atoms with Gasteiger partial charge in [0, 0.05) is 6.92 Å². The van der Waals surface area contributed by atoms with Gasteiger partial charge >= 0.3 is 5.97 Å². The average molecular weight is 383 g/mol. The summed E-state index contributed by atoms with van der Waals surface area (Å²) in [7, 11) is 1.20. The zero-order valence-corrected chi connectivity index (χ0v) is 15.8. The van der Waals surface area contributed by atoms with Crippen LogP contribution in [0.3, 0.4) is 0 Å². The zero-order valence-electron chi connectivity index (χ0n) is 15.8. The van der Waals surface area contributed by atoms with Crippen LogP contribution in [0.5, 0.6) is 0 Å². The zero-order chi connectivity index (χ0) is 20.2. The van der Waals surface area contributed by atoms with E-state index in [4.69, 9.17) is 30.1 Å². The minimum absolute atomic E-state index is 0.0649. The SMILES string of the molecule is C#CCO[C@@H]1C=C(C(=O)OC)O[C@@H]([C@H](O)[C@H]2COC(C)(C)O2)[C@@H]1NC(C)=O. The Bertz CT molecular complexity index is 638. The van der Waals surface area contributed by atoms with Crippen LogP contribution in [0.2, 0.25) is 0 Å². The highest BCUT2D eigenvalue weighted by Crippen LogP contribution is 2.30. The monoisotopic (exact) mass is 383 g/mol. The summed E-state index contributed by atoms with van der Waals surface area (Å²) in [6, 6.07) is -0.813. The van der Waals surface area contributed by atoms with Crippen LogP contribution in [0.4, 0.5) is 0 Å². The lowest BCUT2D eigenvalue weighted by Crippen LogP contribution is -2.60. The summed E-state index contributed by atoms with van der Waals surface area (Å²) in [5, 5.41) is 13.5. The molecule has 1 fully saturated rings. The summed E-state index contributed by atoms with van der Waals surface area (Å²) in [5.74, 6) is 0.197. The number of esters is 1. The normalized spacial score (nSPS) is 30.4. The summed E-state index contributed by atoms with van der Waals surface area (Å²) in [6.07, 6.45) is 2.78. The van der Waals surface area contributed by atoms with E-state index in [9.17, 15) is 14.7 Å². The number of terminal acetylenes is 1. The predicted molar refractivity (Wildman–Crippen MR) is 92.1 cm³/mol. The van der Waals surface area contributed by atoms with Gasteiger partial charge in [0.15, 0.2) is 11.9 Å². The van der Waals surface area contributed by atoms with Crippen molar-refractivity contribution in [3.63, 3.8) is 0 Å². The highest BCUT2D eigenvalue weighted by molar-refractivity contribution is 5.86. The number of hydrogen-bond donors (Lipinski definition) is 2. The van der Waals surface area contributed by atoms with Crippen LogP contribution in [-0.2, 0) is 33.3 Å². The van der Waals surface area contributed by atoms with E-state index in [1.54, 1.807) is 13.8 Å². The molecule has 0 radical (unpaired) electrons. The summed E-state index contributed by atoms with van der Waals surface area (Å²) in [5.41, 5.74) is 0. The van der Waals surface area contributed by atoms with E-state index in [-0.39, 0.29) is 24.9 Å². The fraction of sp³-hybridized carbons (Fsp3) is 0.667. The lowest BCUT2D eigenvalue weighted by Gasteiger charge is -2.39. The molecule has 2 N–H and O–H groups in total. The van der Waals surface area contributed by atoms with Crippen molar-refractivity contribution in [3.8, 4) is 12.3 Å². The van der Waals surface area contributed by atoms with Crippen molar-refractivity contribution in [2.45, 2.75) is 57.0 Å². The first-order valence-corrected chi connectivity index (χ1v) is 8.47. The third-order valence-corrected chi connectivity index (χ3v) is 4.15. The average Bonchev–Trinajstić information content (AvgIpc) is 2.98. The Hall–Kier alpha value is -2.12. The van der Waals surface area contributed by atoms with Crippen molar-refractivity contribution >= 4 is 11.9 Å². The van der Waals surface area contributed by atoms with Crippen molar-refractivity contribution in [1.82, 2.24) is 5.32 Å². The molecule has 0 saturated carbocycles. The van der Waals surface area contributed by atoms with Crippen LogP contribution in [0, 0.1) is 12.3 Å². The van der Waals surface area contributed by atoms with Gasteiger partial charge in [-0.05, 0) is 19.9 Å². The molecule has 0 aromatic carbocycles. The smallest absolute Gasteiger partial charge is 0.373 e. The first-order valence-electron chi connectivity index (χ1n) is 8.47. The number of aliphatic hydroxyl groups excluding tert-OH is 1. The van der Waals surface area contributed by atoms with Gasteiger partial charge in [0.25, 0.3) is 0 Å². The Morgan fingerprint density at radius 3 is 2.74 bits per heavy atom. The minimum Gasteiger partial charge on any atom is -0.478 e. The number of ether oxygens (including phenoxy) is 5. The first kappa shape index (κ1) is 21.2. The molecule has 0 aromatic heterocycles. The minimum atomic E-state index is -1.23. The predicted octanol–water partition coefficient (Wildman–Crippen LogP) is -0.522. The van der Waals surface area contributed by atoms with Crippen LogP contribution in [0.25, 0.3) is 0 Å². The maximum atomic E-state index is 12.0. The second-order valence-corrected chi connectivity index (χ2v) is 6.67. The third-order valence-electron chi connectivity index (χ3n) is 4.15. The summed E-state index contributed by atoms with van der Waals surface area (Å²) < 4.78 is 27.1. The molecule has 0 bridgehead atoms. The highest BCUT2D eigenvalue weighted by Gasteiger charge is 2.48. The van der Waals surface area contributed by atoms with E-state index in [1.165, 1.54) is 20.1 Å². The molecule has 150 valence electrons. The largest absolute Gasteiger partial charge is 0.478 e. The quantitative estimate of drug-likeness (QED) is 0.465. The molecule has 2 rings (SSSR count). The molecule has 0 aliphatic carbocycles. The van der Waals surface area contributed by atoms with E-state index in [0.717, 1.165) is 0 Å². The van der Waals surface area contributed by atoms with Crippen molar-refractivity contribution in [1.29, 1.82) is 0 Å². The Morgan fingerprint density at radius 1 is 1.52 bits per heavy atom. The molecule has 2 heterocycles. The Labute approximate surface area is 157 Å². The standard InChI is InChI=1S/C18H25NO8/c1-6-7-24-11-8-12(17(22)23-5)26-16(14(11)19-10(2)20)15(21)13-9-25-18(3,4)27-13/h1,8,11,13-16,21H,7,9H2,2-5H3,(H,19,20)/t11-,13-,14-,15-,16-/m1/s1. The molecule has 0 unspecified atom stereocenters. The van der Waals surface area contributed by atoms with E-state index in [1.807, 2.05) is 0 Å². The molecular formula is C18H25NO8. The number of carbonyl (C=O) groups excluding carboxylic acids is 2. The van der Waals surface area contributed by atoms with Crippen LogP contribution in [0.1, 0.15) is 20.8 Å². The number of aliphatic hydroxyl groups is 1. The third kappa shape index (κ3) is 5.20. The number of nitrogens with one attached hydrogen (secondary N) is 1. The number of methoxy groups -OCH3 is 1. The second-order valence-electron chi connectivity index (χ2n) is 6.67. The molecule has 5 atom stereocenters. The molecule has 1 amide bonds. The van der Waals surface area contributed by atoms with Crippen LogP contribution < -0.4 is 5.32 Å². The number of hydrogen-bond acceptors (Lipinski definition) is 8.